The monoisotopic (exact) mass is 319 g/mol. The Morgan fingerprint density at radius 3 is 2.43 bits per heavy atom. The largest absolute Gasteiger partial charge is 0.507 e. The normalized spacial score (nSPS) is 15.7. The molecule has 0 aromatic heterocycles. The van der Waals surface area contributed by atoms with E-state index >= 15 is 0 Å². The Morgan fingerprint density at radius 1 is 1.22 bits per heavy atom. The van der Waals surface area contributed by atoms with Crippen molar-refractivity contribution in [3.8, 4) is 5.75 Å². The number of nitrogens with one attached hydrogen (secondary N) is 1. The SMILES string of the molecule is Cc1ccc(C(=O)N2CCN(CC(=O)NC(C)C)CC2)c(O)c1. The average Bonchev–Trinajstić information content (AvgIpc) is 2.46. The van der Waals surface area contributed by atoms with Crippen molar-refractivity contribution in [2.24, 2.45) is 0 Å². The van der Waals surface area contributed by atoms with E-state index in [0.29, 0.717) is 38.3 Å². The summed E-state index contributed by atoms with van der Waals surface area (Å²) in [7, 11) is 0. The van der Waals surface area contributed by atoms with Crippen LogP contribution in [0.15, 0.2) is 18.2 Å². The zero-order chi connectivity index (χ0) is 17.0. The van der Waals surface area contributed by atoms with E-state index < -0.39 is 0 Å². The van der Waals surface area contributed by atoms with Crippen LogP contribution in [0.1, 0.15) is 29.8 Å². The molecule has 1 fully saturated rings. The topological polar surface area (TPSA) is 72.9 Å². The molecule has 1 aliphatic heterocycles. The third-order valence-corrected chi connectivity index (χ3v) is 3.86. The summed E-state index contributed by atoms with van der Waals surface area (Å²) in [6.07, 6.45) is 0. The van der Waals surface area contributed by atoms with Crippen LogP contribution in [-0.2, 0) is 4.79 Å². The zero-order valence-electron chi connectivity index (χ0n) is 14.0. The Labute approximate surface area is 137 Å². The molecule has 1 aliphatic rings. The van der Waals surface area contributed by atoms with Gasteiger partial charge in [-0.3, -0.25) is 14.5 Å². The fourth-order valence-corrected chi connectivity index (χ4v) is 2.67. The third-order valence-electron chi connectivity index (χ3n) is 3.86. The number of piperazine rings is 1. The molecule has 0 aliphatic carbocycles. The van der Waals surface area contributed by atoms with Crippen molar-refractivity contribution >= 4 is 11.8 Å². The number of aromatic hydroxyl groups is 1. The first-order valence-electron chi connectivity index (χ1n) is 7.97. The number of carbonyl (C=O) groups excluding carboxylic acids is 2. The molecule has 0 atom stereocenters. The van der Waals surface area contributed by atoms with Crippen LogP contribution >= 0.6 is 0 Å². The van der Waals surface area contributed by atoms with Crippen LogP contribution in [0.25, 0.3) is 0 Å². The van der Waals surface area contributed by atoms with Gasteiger partial charge in [-0.25, -0.2) is 0 Å². The standard InChI is InChI=1S/C17H25N3O3/c1-12(2)18-16(22)11-19-6-8-20(9-7-19)17(23)14-5-4-13(3)10-15(14)21/h4-5,10,12,21H,6-9,11H2,1-3H3,(H,18,22). The van der Waals surface area contributed by atoms with Gasteiger partial charge < -0.3 is 15.3 Å². The summed E-state index contributed by atoms with van der Waals surface area (Å²) in [6.45, 7) is 8.52. The van der Waals surface area contributed by atoms with Gasteiger partial charge in [0.2, 0.25) is 5.91 Å². The molecule has 6 heteroatoms. The van der Waals surface area contributed by atoms with Crippen molar-refractivity contribution in [3.63, 3.8) is 0 Å². The van der Waals surface area contributed by atoms with E-state index in [1.54, 1.807) is 17.0 Å². The first-order valence-corrected chi connectivity index (χ1v) is 7.97. The Kier molecular flexibility index (Phi) is 5.60. The number of hydrogen-bond acceptors (Lipinski definition) is 4. The summed E-state index contributed by atoms with van der Waals surface area (Å²) >= 11 is 0. The molecule has 1 heterocycles. The predicted octanol–water partition coefficient (Wildman–Crippen LogP) is 0.983. The van der Waals surface area contributed by atoms with E-state index in [1.807, 2.05) is 31.7 Å². The molecule has 0 unspecified atom stereocenters. The first kappa shape index (κ1) is 17.3. The fraction of sp³-hybridized carbons (Fsp3) is 0.529. The summed E-state index contributed by atoms with van der Waals surface area (Å²) in [5.74, 6) is -0.126. The highest BCUT2D eigenvalue weighted by Crippen LogP contribution is 2.20. The second-order valence-electron chi connectivity index (χ2n) is 6.31. The molecule has 1 saturated heterocycles. The van der Waals surface area contributed by atoms with Gasteiger partial charge in [-0.15, -0.1) is 0 Å². The fourth-order valence-electron chi connectivity index (χ4n) is 2.67. The molecule has 0 saturated carbocycles. The molecule has 2 amide bonds. The maximum absolute atomic E-state index is 12.5. The van der Waals surface area contributed by atoms with Gasteiger partial charge in [0.05, 0.1) is 12.1 Å². The number of rotatable bonds is 4. The van der Waals surface area contributed by atoms with Gasteiger partial charge in [0.15, 0.2) is 0 Å². The van der Waals surface area contributed by atoms with Gasteiger partial charge in [-0.05, 0) is 38.5 Å². The lowest BCUT2D eigenvalue weighted by molar-refractivity contribution is -0.123. The van der Waals surface area contributed by atoms with E-state index in [1.165, 1.54) is 0 Å². The number of hydrogen-bond donors (Lipinski definition) is 2. The summed E-state index contributed by atoms with van der Waals surface area (Å²) in [6, 6.07) is 5.21. The van der Waals surface area contributed by atoms with Gasteiger partial charge in [0.1, 0.15) is 5.75 Å². The third kappa shape index (κ3) is 4.69. The summed E-state index contributed by atoms with van der Waals surface area (Å²) in [5.41, 5.74) is 1.25. The molecule has 2 rings (SSSR count). The van der Waals surface area contributed by atoms with Gasteiger partial charge in [-0.2, -0.15) is 0 Å². The van der Waals surface area contributed by atoms with Crippen molar-refractivity contribution < 1.29 is 14.7 Å². The Morgan fingerprint density at radius 2 is 1.87 bits per heavy atom. The van der Waals surface area contributed by atoms with E-state index in [2.05, 4.69) is 5.32 Å². The van der Waals surface area contributed by atoms with Gasteiger partial charge in [-0.1, -0.05) is 6.07 Å². The number of amides is 2. The highest BCUT2D eigenvalue weighted by atomic mass is 16.3. The highest BCUT2D eigenvalue weighted by molar-refractivity contribution is 5.97. The maximum Gasteiger partial charge on any atom is 0.257 e. The second-order valence-corrected chi connectivity index (χ2v) is 6.31. The van der Waals surface area contributed by atoms with Gasteiger partial charge in [0.25, 0.3) is 5.91 Å². The predicted molar refractivity (Wildman–Crippen MR) is 88.5 cm³/mol. The lowest BCUT2D eigenvalue weighted by Crippen LogP contribution is -2.51. The molecular weight excluding hydrogens is 294 g/mol. The van der Waals surface area contributed by atoms with Crippen LogP contribution < -0.4 is 5.32 Å². The van der Waals surface area contributed by atoms with E-state index in [9.17, 15) is 14.7 Å². The molecule has 1 aromatic carbocycles. The average molecular weight is 319 g/mol. The molecule has 0 radical (unpaired) electrons. The minimum atomic E-state index is -0.159. The molecule has 0 spiro atoms. The number of aryl methyl sites for hydroxylation is 1. The van der Waals surface area contributed by atoms with E-state index in [-0.39, 0.29) is 23.6 Å². The lowest BCUT2D eigenvalue weighted by Gasteiger charge is -2.34. The number of nitrogens with zero attached hydrogens (tertiary/aromatic N) is 2. The molecule has 6 nitrogen and oxygen atoms in total. The second kappa shape index (κ2) is 7.46. The smallest absolute Gasteiger partial charge is 0.257 e. The molecule has 1 aromatic rings. The first-order chi connectivity index (χ1) is 10.9. The van der Waals surface area contributed by atoms with Crippen molar-refractivity contribution in [1.29, 1.82) is 0 Å². The van der Waals surface area contributed by atoms with Crippen molar-refractivity contribution in [2.45, 2.75) is 26.8 Å². The van der Waals surface area contributed by atoms with Crippen LogP contribution in [0.4, 0.5) is 0 Å². The molecule has 0 bridgehead atoms. The Bertz CT molecular complexity index is 578. The van der Waals surface area contributed by atoms with Crippen LogP contribution in [-0.4, -0.2) is 65.5 Å². The minimum absolute atomic E-state index is 0.0101. The van der Waals surface area contributed by atoms with Crippen molar-refractivity contribution in [2.75, 3.05) is 32.7 Å². The summed E-state index contributed by atoms with van der Waals surface area (Å²) in [4.78, 5) is 28.0. The van der Waals surface area contributed by atoms with Gasteiger partial charge in [0, 0.05) is 32.2 Å². The lowest BCUT2D eigenvalue weighted by atomic mass is 10.1. The number of carbonyl (C=O) groups is 2. The molecular formula is C17H25N3O3. The highest BCUT2D eigenvalue weighted by Gasteiger charge is 2.24. The van der Waals surface area contributed by atoms with Crippen molar-refractivity contribution in [1.82, 2.24) is 15.1 Å². The minimum Gasteiger partial charge on any atom is -0.507 e. The van der Waals surface area contributed by atoms with Crippen LogP contribution in [0, 0.1) is 6.92 Å². The van der Waals surface area contributed by atoms with Crippen LogP contribution in [0.3, 0.4) is 0 Å². The molecule has 23 heavy (non-hydrogen) atoms. The van der Waals surface area contributed by atoms with E-state index in [0.717, 1.165) is 5.56 Å². The number of phenolic OH excluding ortho intramolecular Hbond substituents is 1. The molecule has 2 N–H and O–H groups in total. The summed E-state index contributed by atoms with van der Waals surface area (Å²) < 4.78 is 0. The zero-order valence-corrected chi connectivity index (χ0v) is 14.0. The Balaban J connectivity index is 1.89. The van der Waals surface area contributed by atoms with Crippen LogP contribution in [0.5, 0.6) is 5.75 Å². The van der Waals surface area contributed by atoms with Crippen LogP contribution in [0.2, 0.25) is 0 Å². The Hall–Kier alpha value is -2.08. The van der Waals surface area contributed by atoms with Crippen molar-refractivity contribution in [3.05, 3.63) is 29.3 Å². The number of phenols is 1. The summed E-state index contributed by atoms with van der Waals surface area (Å²) in [5, 5.41) is 12.8. The number of benzene rings is 1. The van der Waals surface area contributed by atoms with Gasteiger partial charge >= 0.3 is 0 Å². The van der Waals surface area contributed by atoms with E-state index in [4.69, 9.17) is 0 Å². The maximum atomic E-state index is 12.5. The quantitative estimate of drug-likeness (QED) is 0.868. The molecule has 126 valence electrons.